The highest BCUT2D eigenvalue weighted by molar-refractivity contribution is 9.10. The van der Waals surface area contributed by atoms with Gasteiger partial charge >= 0.3 is 0 Å². The van der Waals surface area contributed by atoms with Crippen molar-refractivity contribution < 1.29 is 9.59 Å². The van der Waals surface area contributed by atoms with Gasteiger partial charge in [0.05, 0.1) is 5.56 Å². The molecular formula is C14H19BrN2O2S. The number of thiol groups is 1. The molecule has 0 spiro atoms. The van der Waals surface area contributed by atoms with Crippen LogP contribution in [0, 0.1) is 0 Å². The van der Waals surface area contributed by atoms with E-state index in [0.717, 1.165) is 4.90 Å². The van der Waals surface area contributed by atoms with Gasteiger partial charge in [-0.15, -0.1) is 12.6 Å². The topological polar surface area (TPSA) is 49.4 Å². The van der Waals surface area contributed by atoms with Crippen LogP contribution in [-0.4, -0.2) is 36.3 Å². The maximum absolute atomic E-state index is 12.0. The molecule has 4 nitrogen and oxygen atoms in total. The third-order valence-electron chi connectivity index (χ3n) is 2.94. The maximum Gasteiger partial charge on any atom is 0.252 e. The van der Waals surface area contributed by atoms with Gasteiger partial charge in [-0.2, -0.15) is 0 Å². The molecule has 20 heavy (non-hydrogen) atoms. The molecule has 0 aliphatic carbocycles. The number of benzene rings is 1. The van der Waals surface area contributed by atoms with E-state index in [0.29, 0.717) is 36.1 Å². The van der Waals surface area contributed by atoms with Gasteiger partial charge < -0.3 is 10.2 Å². The highest BCUT2D eigenvalue weighted by Crippen LogP contribution is 2.20. The number of hydrogen-bond acceptors (Lipinski definition) is 3. The van der Waals surface area contributed by atoms with E-state index >= 15 is 0 Å². The molecule has 0 saturated heterocycles. The van der Waals surface area contributed by atoms with Gasteiger partial charge in [-0.3, -0.25) is 9.59 Å². The quantitative estimate of drug-likeness (QED) is 0.768. The summed E-state index contributed by atoms with van der Waals surface area (Å²) in [6.07, 6.45) is 0.311. The summed E-state index contributed by atoms with van der Waals surface area (Å²) < 4.78 is 0.711. The Hall–Kier alpha value is -1.01. The number of halogens is 1. The number of hydrogen-bond donors (Lipinski definition) is 2. The third-order valence-corrected chi connectivity index (χ3v) is 3.90. The summed E-state index contributed by atoms with van der Waals surface area (Å²) in [6, 6.07) is 5.26. The van der Waals surface area contributed by atoms with Crippen molar-refractivity contribution >= 4 is 40.4 Å². The lowest BCUT2D eigenvalue weighted by atomic mass is 10.2. The number of nitrogens with one attached hydrogen (secondary N) is 1. The van der Waals surface area contributed by atoms with Gasteiger partial charge in [0.2, 0.25) is 5.91 Å². The minimum Gasteiger partial charge on any atom is -0.351 e. The average Bonchev–Trinajstić information content (AvgIpc) is 2.42. The fourth-order valence-corrected chi connectivity index (χ4v) is 2.43. The molecule has 6 heteroatoms. The van der Waals surface area contributed by atoms with Crippen molar-refractivity contribution in [2.45, 2.75) is 25.2 Å². The second-order valence-electron chi connectivity index (χ2n) is 4.24. The third kappa shape index (κ3) is 4.83. The van der Waals surface area contributed by atoms with Crippen LogP contribution in [0.4, 0.5) is 0 Å². The van der Waals surface area contributed by atoms with Crippen LogP contribution < -0.4 is 5.32 Å². The minimum absolute atomic E-state index is 0.0531. The van der Waals surface area contributed by atoms with Crippen LogP contribution in [-0.2, 0) is 4.79 Å². The minimum atomic E-state index is -0.208. The maximum atomic E-state index is 12.0. The molecule has 0 aromatic heterocycles. The lowest BCUT2D eigenvalue weighted by Crippen LogP contribution is -2.34. The van der Waals surface area contributed by atoms with E-state index in [9.17, 15) is 9.59 Å². The van der Waals surface area contributed by atoms with E-state index in [-0.39, 0.29) is 11.8 Å². The summed E-state index contributed by atoms with van der Waals surface area (Å²) in [6.45, 7) is 5.59. The van der Waals surface area contributed by atoms with Gasteiger partial charge in [0.15, 0.2) is 0 Å². The summed E-state index contributed by atoms with van der Waals surface area (Å²) in [5.74, 6) is -0.155. The molecule has 0 saturated carbocycles. The fraction of sp³-hybridized carbons (Fsp3) is 0.429. The van der Waals surface area contributed by atoms with Crippen LogP contribution in [0.2, 0.25) is 0 Å². The smallest absolute Gasteiger partial charge is 0.252 e. The van der Waals surface area contributed by atoms with Gasteiger partial charge in [0.1, 0.15) is 0 Å². The van der Waals surface area contributed by atoms with Crippen LogP contribution >= 0.6 is 28.6 Å². The summed E-state index contributed by atoms with van der Waals surface area (Å²) in [7, 11) is 0. The summed E-state index contributed by atoms with van der Waals surface area (Å²) in [5, 5.41) is 2.75. The first-order valence-corrected chi connectivity index (χ1v) is 7.78. The van der Waals surface area contributed by atoms with Crippen LogP contribution in [0.25, 0.3) is 0 Å². The summed E-state index contributed by atoms with van der Waals surface area (Å²) in [5.41, 5.74) is 0.521. The Labute approximate surface area is 133 Å². The van der Waals surface area contributed by atoms with Gasteiger partial charge in [-0.1, -0.05) is 0 Å². The molecular weight excluding hydrogens is 340 g/mol. The second-order valence-corrected chi connectivity index (χ2v) is 5.61. The molecule has 1 aromatic rings. The molecule has 0 aliphatic heterocycles. The molecule has 1 aromatic carbocycles. The van der Waals surface area contributed by atoms with E-state index in [1.165, 1.54) is 0 Å². The Morgan fingerprint density at radius 2 is 1.95 bits per heavy atom. The molecule has 2 amide bonds. The predicted molar refractivity (Wildman–Crippen MR) is 86.3 cm³/mol. The van der Waals surface area contributed by atoms with Gasteiger partial charge in [-0.05, 0) is 48.0 Å². The van der Waals surface area contributed by atoms with Crippen molar-refractivity contribution in [1.29, 1.82) is 0 Å². The first-order valence-electron chi connectivity index (χ1n) is 6.54. The van der Waals surface area contributed by atoms with E-state index in [4.69, 9.17) is 0 Å². The molecule has 1 N–H and O–H groups in total. The Morgan fingerprint density at radius 1 is 1.30 bits per heavy atom. The number of nitrogens with zero attached hydrogens (tertiary/aromatic N) is 1. The monoisotopic (exact) mass is 358 g/mol. The number of amides is 2. The Kier molecular flexibility index (Phi) is 7.09. The Balaban J connectivity index is 2.52. The van der Waals surface area contributed by atoms with Crippen LogP contribution in [0.15, 0.2) is 27.6 Å². The predicted octanol–water partition coefficient (Wildman–Crippen LogP) is 2.73. The van der Waals surface area contributed by atoms with E-state index < -0.39 is 0 Å². The molecule has 0 heterocycles. The summed E-state index contributed by atoms with van der Waals surface area (Å²) in [4.78, 5) is 26.3. The molecule has 110 valence electrons. The zero-order chi connectivity index (χ0) is 15.1. The molecule has 0 atom stereocenters. The van der Waals surface area contributed by atoms with Gasteiger partial charge in [0, 0.05) is 35.4 Å². The molecule has 0 aliphatic rings. The molecule has 1 rings (SSSR count). The largest absolute Gasteiger partial charge is 0.351 e. The van der Waals surface area contributed by atoms with Crippen molar-refractivity contribution in [3.63, 3.8) is 0 Å². The second kappa shape index (κ2) is 8.32. The molecule has 0 fully saturated rings. The number of rotatable bonds is 6. The normalized spacial score (nSPS) is 10.2. The molecule has 0 unspecified atom stereocenters. The van der Waals surface area contributed by atoms with Crippen molar-refractivity contribution in [3.8, 4) is 0 Å². The van der Waals surface area contributed by atoms with Crippen LogP contribution in [0.3, 0.4) is 0 Å². The van der Waals surface area contributed by atoms with Crippen LogP contribution in [0.1, 0.15) is 30.6 Å². The lowest BCUT2D eigenvalue weighted by molar-refractivity contribution is -0.130. The van der Waals surface area contributed by atoms with E-state index in [1.54, 1.807) is 23.1 Å². The zero-order valence-electron chi connectivity index (χ0n) is 11.6. The van der Waals surface area contributed by atoms with Crippen molar-refractivity contribution in [3.05, 3.63) is 28.2 Å². The van der Waals surface area contributed by atoms with Gasteiger partial charge in [-0.25, -0.2) is 0 Å². The number of carbonyl (C=O) groups excluding carboxylic acids is 2. The Morgan fingerprint density at radius 3 is 2.55 bits per heavy atom. The number of carbonyl (C=O) groups is 2. The average molecular weight is 359 g/mol. The first kappa shape index (κ1) is 17.0. The SMILES string of the molecule is CCN(CC)C(=O)CCNC(=O)c1cc(S)ccc1Br. The standard InChI is InChI=1S/C14H19BrN2O2S/c1-3-17(4-2)13(18)7-8-16-14(19)11-9-10(20)5-6-12(11)15/h5-6,9,20H,3-4,7-8H2,1-2H3,(H,16,19). The van der Waals surface area contributed by atoms with Crippen molar-refractivity contribution in [1.82, 2.24) is 10.2 Å². The van der Waals surface area contributed by atoms with E-state index in [1.807, 2.05) is 13.8 Å². The van der Waals surface area contributed by atoms with Crippen molar-refractivity contribution in [2.75, 3.05) is 19.6 Å². The fourth-order valence-electron chi connectivity index (χ4n) is 1.80. The van der Waals surface area contributed by atoms with Gasteiger partial charge in [0.25, 0.3) is 5.91 Å². The zero-order valence-corrected chi connectivity index (χ0v) is 14.1. The molecule has 0 bridgehead atoms. The highest BCUT2D eigenvalue weighted by atomic mass is 79.9. The van der Waals surface area contributed by atoms with Crippen LogP contribution in [0.5, 0.6) is 0 Å². The molecule has 0 radical (unpaired) electrons. The summed E-state index contributed by atoms with van der Waals surface area (Å²) >= 11 is 7.54. The van der Waals surface area contributed by atoms with Crippen molar-refractivity contribution in [2.24, 2.45) is 0 Å². The highest BCUT2D eigenvalue weighted by Gasteiger charge is 2.12. The van der Waals surface area contributed by atoms with E-state index in [2.05, 4.69) is 33.9 Å². The Bertz CT molecular complexity index is 490. The first-order chi connectivity index (χ1) is 9.49. The lowest BCUT2D eigenvalue weighted by Gasteiger charge is -2.18.